The lowest BCUT2D eigenvalue weighted by molar-refractivity contribution is 0.137. The normalized spacial score (nSPS) is 35.1. The summed E-state index contributed by atoms with van der Waals surface area (Å²) in [5.74, 6) is 1.95. The van der Waals surface area contributed by atoms with Gasteiger partial charge in [0.2, 0.25) is 0 Å². The maximum Gasteiger partial charge on any atom is 0.503 e. The lowest BCUT2D eigenvalue weighted by Gasteiger charge is -2.32. The van der Waals surface area contributed by atoms with Crippen molar-refractivity contribution < 1.29 is 15.0 Å². The molecule has 5 nitrogen and oxygen atoms in total. The van der Waals surface area contributed by atoms with Gasteiger partial charge in [0, 0.05) is 12.1 Å². The molecule has 19 heavy (non-hydrogen) atoms. The lowest BCUT2D eigenvalue weighted by Crippen LogP contribution is -2.30. The fourth-order valence-corrected chi connectivity index (χ4v) is 3.32. The molecule has 0 radical (unpaired) electrons. The molecule has 0 heterocycles. The van der Waals surface area contributed by atoms with E-state index in [9.17, 15) is 0 Å². The predicted octanol–water partition coefficient (Wildman–Crippen LogP) is 2.63. The van der Waals surface area contributed by atoms with Gasteiger partial charge in [-0.05, 0) is 69.6 Å². The quantitative estimate of drug-likeness (QED) is 0.617. The molecule has 0 spiro atoms. The number of carbonyl (C=O) groups is 1. The Kier molecular flexibility index (Phi) is 7.16. The van der Waals surface area contributed by atoms with Crippen LogP contribution in [0.15, 0.2) is 0 Å². The van der Waals surface area contributed by atoms with E-state index in [1.165, 1.54) is 57.8 Å². The van der Waals surface area contributed by atoms with Gasteiger partial charge in [-0.1, -0.05) is 0 Å². The monoisotopic (exact) mass is 272 g/mol. The maximum atomic E-state index is 8.56. The SMILES string of the molecule is NC1CCC(CC2CCC(N)CC2)CC1.O=C(O)O. The Balaban J connectivity index is 0.000000399. The molecule has 0 aromatic carbocycles. The van der Waals surface area contributed by atoms with E-state index in [1.807, 2.05) is 0 Å². The third-order valence-corrected chi connectivity index (χ3v) is 4.45. The zero-order chi connectivity index (χ0) is 14.3. The highest BCUT2D eigenvalue weighted by Gasteiger charge is 2.24. The fraction of sp³-hybridized carbons (Fsp3) is 0.929. The minimum Gasteiger partial charge on any atom is -0.450 e. The highest BCUT2D eigenvalue weighted by atomic mass is 16.6. The summed E-state index contributed by atoms with van der Waals surface area (Å²) in [7, 11) is 0. The molecule has 2 aliphatic carbocycles. The minimum absolute atomic E-state index is 0.501. The molecule has 0 amide bonds. The lowest BCUT2D eigenvalue weighted by atomic mass is 9.76. The summed E-state index contributed by atoms with van der Waals surface area (Å²) >= 11 is 0. The standard InChI is InChI=1S/C13H26N2.CH2O3/c14-12-5-1-10(2-6-12)9-11-3-7-13(15)8-4-11;2-1(3)4/h10-13H,1-9,14-15H2;(H2,2,3,4). The molecule has 0 aromatic heterocycles. The molecule has 6 N–H and O–H groups in total. The molecule has 2 fully saturated rings. The molecular formula is C14H28N2O3. The van der Waals surface area contributed by atoms with Gasteiger partial charge >= 0.3 is 6.16 Å². The van der Waals surface area contributed by atoms with Crippen LogP contribution in [0.2, 0.25) is 0 Å². The topological polar surface area (TPSA) is 110 Å². The number of hydrogen-bond acceptors (Lipinski definition) is 3. The summed E-state index contributed by atoms with van der Waals surface area (Å²) in [4.78, 5) is 8.56. The molecule has 0 saturated heterocycles. The Bertz CT molecular complexity index is 233. The summed E-state index contributed by atoms with van der Waals surface area (Å²) in [6.45, 7) is 0. The molecule has 0 atom stereocenters. The molecule has 112 valence electrons. The molecular weight excluding hydrogens is 244 g/mol. The molecule has 0 bridgehead atoms. The van der Waals surface area contributed by atoms with Crippen LogP contribution in [0, 0.1) is 11.8 Å². The van der Waals surface area contributed by atoms with Crippen LogP contribution in [0.3, 0.4) is 0 Å². The molecule has 0 aromatic rings. The Morgan fingerprint density at radius 1 is 0.789 bits per heavy atom. The molecule has 2 saturated carbocycles. The minimum atomic E-state index is -1.83. The van der Waals surface area contributed by atoms with Crippen LogP contribution in [0.25, 0.3) is 0 Å². The number of hydrogen-bond donors (Lipinski definition) is 4. The summed E-state index contributed by atoms with van der Waals surface area (Å²) in [6, 6.07) is 1.00. The smallest absolute Gasteiger partial charge is 0.450 e. The van der Waals surface area contributed by atoms with Gasteiger partial charge in [0.25, 0.3) is 0 Å². The second-order valence-electron chi connectivity index (χ2n) is 6.08. The fourth-order valence-electron chi connectivity index (χ4n) is 3.32. The van der Waals surface area contributed by atoms with Gasteiger partial charge in [0.05, 0.1) is 0 Å². The van der Waals surface area contributed by atoms with E-state index in [0.29, 0.717) is 12.1 Å². The first-order valence-corrected chi connectivity index (χ1v) is 7.40. The van der Waals surface area contributed by atoms with Crippen molar-refractivity contribution in [1.29, 1.82) is 0 Å². The molecule has 0 unspecified atom stereocenters. The van der Waals surface area contributed by atoms with Gasteiger partial charge in [0.1, 0.15) is 0 Å². The van der Waals surface area contributed by atoms with Crippen LogP contribution in [0.4, 0.5) is 4.79 Å². The van der Waals surface area contributed by atoms with Crippen molar-refractivity contribution in [2.24, 2.45) is 23.3 Å². The Hall–Kier alpha value is -0.810. The average Bonchev–Trinajstić information content (AvgIpc) is 2.34. The van der Waals surface area contributed by atoms with E-state index in [-0.39, 0.29) is 0 Å². The van der Waals surface area contributed by atoms with Crippen LogP contribution in [0.5, 0.6) is 0 Å². The number of nitrogens with two attached hydrogens (primary N) is 2. The van der Waals surface area contributed by atoms with Crippen molar-refractivity contribution in [1.82, 2.24) is 0 Å². The predicted molar refractivity (Wildman–Crippen MR) is 75.1 cm³/mol. The van der Waals surface area contributed by atoms with Gasteiger partial charge in [-0.2, -0.15) is 0 Å². The van der Waals surface area contributed by atoms with Crippen LogP contribution in [-0.4, -0.2) is 28.5 Å². The second-order valence-corrected chi connectivity index (χ2v) is 6.08. The Morgan fingerprint density at radius 3 is 1.32 bits per heavy atom. The van der Waals surface area contributed by atoms with Gasteiger partial charge in [-0.3, -0.25) is 0 Å². The van der Waals surface area contributed by atoms with E-state index >= 15 is 0 Å². The van der Waals surface area contributed by atoms with Crippen LogP contribution < -0.4 is 11.5 Å². The van der Waals surface area contributed by atoms with Crippen molar-refractivity contribution in [2.45, 2.75) is 69.9 Å². The zero-order valence-electron chi connectivity index (χ0n) is 11.6. The van der Waals surface area contributed by atoms with Crippen LogP contribution in [-0.2, 0) is 0 Å². The van der Waals surface area contributed by atoms with Gasteiger partial charge in [-0.25, -0.2) is 4.79 Å². The zero-order valence-corrected chi connectivity index (χ0v) is 11.6. The van der Waals surface area contributed by atoms with Gasteiger partial charge in [0.15, 0.2) is 0 Å². The summed E-state index contributed by atoms with van der Waals surface area (Å²) in [5.41, 5.74) is 11.9. The molecule has 0 aliphatic heterocycles. The summed E-state index contributed by atoms with van der Waals surface area (Å²) in [6.07, 6.45) is 10.2. The van der Waals surface area contributed by atoms with Gasteiger partial charge < -0.3 is 21.7 Å². The second kappa shape index (κ2) is 8.38. The highest BCUT2D eigenvalue weighted by Crippen LogP contribution is 2.34. The average molecular weight is 272 g/mol. The van der Waals surface area contributed by atoms with E-state index in [1.54, 1.807) is 0 Å². The van der Waals surface area contributed by atoms with Crippen molar-refractivity contribution in [3.8, 4) is 0 Å². The van der Waals surface area contributed by atoms with Crippen molar-refractivity contribution in [3.05, 3.63) is 0 Å². The maximum absolute atomic E-state index is 8.56. The third-order valence-electron chi connectivity index (χ3n) is 4.45. The number of rotatable bonds is 2. The first-order chi connectivity index (χ1) is 8.97. The van der Waals surface area contributed by atoms with E-state index in [4.69, 9.17) is 26.5 Å². The Morgan fingerprint density at radius 2 is 1.05 bits per heavy atom. The van der Waals surface area contributed by atoms with E-state index < -0.39 is 6.16 Å². The first kappa shape index (κ1) is 16.2. The summed E-state index contributed by atoms with van der Waals surface area (Å²) in [5, 5.41) is 13.9. The largest absolute Gasteiger partial charge is 0.503 e. The van der Waals surface area contributed by atoms with E-state index in [2.05, 4.69) is 0 Å². The number of carboxylic acid groups (broad SMARTS) is 2. The van der Waals surface area contributed by atoms with Gasteiger partial charge in [-0.15, -0.1) is 0 Å². The first-order valence-electron chi connectivity index (χ1n) is 7.40. The van der Waals surface area contributed by atoms with Crippen molar-refractivity contribution in [3.63, 3.8) is 0 Å². The molecule has 2 rings (SSSR count). The van der Waals surface area contributed by atoms with Crippen molar-refractivity contribution in [2.75, 3.05) is 0 Å². The molecule has 5 heteroatoms. The molecule has 2 aliphatic rings. The van der Waals surface area contributed by atoms with Crippen LogP contribution in [0.1, 0.15) is 57.8 Å². The third kappa shape index (κ3) is 7.38. The summed E-state index contributed by atoms with van der Waals surface area (Å²) < 4.78 is 0. The van der Waals surface area contributed by atoms with Crippen molar-refractivity contribution >= 4 is 6.16 Å². The Labute approximate surface area is 115 Å². The van der Waals surface area contributed by atoms with E-state index in [0.717, 1.165) is 11.8 Å². The highest BCUT2D eigenvalue weighted by molar-refractivity contribution is 5.53. The van der Waals surface area contributed by atoms with Crippen LogP contribution >= 0.6 is 0 Å².